The van der Waals surface area contributed by atoms with Gasteiger partial charge in [0, 0.05) is 12.1 Å². The lowest BCUT2D eigenvalue weighted by molar-refractivity contribution is 0.287. The van der Waals surface area contributed by atoms with E-state index in [4.69, 9.17) is 9.47 Å². The molecule has 0 saturated carbocycles. The third kappa shape index (κ3) is 4.49. The molecule has 1 N–H and O–H groups in total. The van der Waals surface area contributed by atoms with Gasteiger partial charge >= 0.3 is 0 Å². The maximum absolute atomic E-state index is 12.6. The molecule has 0 aromatic heterocycles. The maximum atomic E-state index is 12.6. The van der Waals surface area contributed by atoms with Crippen LogP contribution in [0, 0.1) is 0 Å². The van der Waals surface area contributed by atoms with Crippen molar-refractivity contribution in [2.75, 3.05) is 13.2 Å². The number of nitrogens with one attached hydrogen (secondary N) is 1. The summed E-state index contributed by atoms with van der Waals surface area (Å²) in [6.45, 7) is 6.42. The Bertz CT molecular complexity index is 760. The minimum Gasteiger partial charge on any atom is -0.490 e. The van der Waals surface area contributed by atoms with E-state index >= 15 is 0 Å². The number of hydrogen-bond acceptors (Lipinski definition) is 4. The molecule has 0 aliphatic heterocycles. The molecular formula is C18H23NO4S. The summed E-state index contributed by atoms with van der Waals surface area (Å²) in [5, 5.41) is 0. The predicted molar refractivity (Wildman–Crippen MR) is 94.0 cm³/mol. The molecule has 0 amide bonds. The highest BCUT2D eigenvalue weighted by Crippen LogP contribution is 2.30. The zero-order valence-electron chi connectivity index (χ0n) is 14.2. The summed E-state index contributed by atoms with van der Waals surface area (Å²) in [5.74, 6) is 0.962. The Morgan fingerprint density at radius 1 is 0.958 bits per heavy atom. The highest BCUT2D eigenvalue weighted by atomic mass is 32.2. The number of ether oxygens (including phenoxy) is 2. The van der Waals surface area contributed by atoms with Crippen molar-refractivity contribution < 1.29 is 17.9 Å². The SMILES string of the molecule is CCOc1ccc(S(=O)(=O)N[C@@H](C)c2ccccc2)cc1OCC. The van der Waals surface area contributed by atoms with E-state index in [-0.39, 0.29) is 10.9 Å². The number of hydrogen-bond donors (Lipinski definition) is 1. The van der Waals surface area contributed by atoms with Crippen molar-refractivity contribution in [2.24, 2.45) is 0 Å². The van der Waals surface area contributed by atoms with Crippen LogP contribution >= 0.6 is 0 Å². The van der Waals surface area contributed by atoms with Gasteiger partial charge in [0.25, 0.3) is 0 Å². The standard InChI is InChI=1S/C18H23NO4S/c1-4-22-17-12-11-16(13-18(17)23-5-2)24(20,21)19-14(3)15-9-7-6-8-10-15/h6-14,19H,4-5H2,1-3H3/t14-/m0/s1. The summed E-state index contributed by atoms with van der Waals surface area (Å²) in [4.78, 5) is 0.150. The van der Waals surface area contributed by atoms with Gasteiger partial charge in [0.1, 0.15) is 0 Å². The minimum atomic E-state index is -3.67. The quantitative estimate of drug-likeness (QED) is 0.792. The molecule has 0 aliphatic carbocycles. The van der Waals surface area contributed by atoms with Gasteiger partial charge in [-0.2, -0.15) is 0 Å². The normalized spacial score (nSPS) is 12.6. The van der Waals surface area contributed by atoms with E-state index in [1.807, 2.05) is 51.1 Å². The summed E-state index contributed by atoms with van der Waals surface area (Å²) in [6.07, 6.45) is 0. The van der Waals surface area contributed by atoms with E-state index in [1.165, 1.54) is 12.1 Å². The lowest BCUT2D eigenvalue weighted by atomic mass is 10.1. The van der Waals surface area contributed by atoms with Crippen LogP contribution in [0.1, 0.15) is 32.4 Å². The molecule has 0 unspecified atom stereocenters. The smallest absolute Gasteiger partial charge is 0.241 e. The topological polar surface area (TPSA) is 64.6 Å². The lowest BCUT2D eigenvalue weighted by Gasteiger charge is -2.16. The van der Waals surface area contributed by atoms with Crippen LogP contribution in [-0.4, -0.2) is 21.6 Å². The van der Waals surface area contributed by atoms with Gasteiger partial charge in [-0.05, 0) is 38.5 Å². The third-order valence-corrected chi connectivity index (χ3v) is 5.00. The second kappa shape index (κ2) is 8.17. The van der Waals surface area contributed by atoms with Gasteiger partial charge in [0.2, 0.25) is 10.0 Å². The Balaban J connectivity index is 2.26. The molecular weight excluding hydrogens is 326 g/mol. The maximum Gasteiger partial charge on any atom is 0.241 e. The van der Waals surface area contributed by atoms with Crippen LogP contribution in [0.15, 0.2) is 53.4 Å². The Labute approximate surface area is 143 Å². The van der Waals surface area contributed by atoms with E-state index in [0.717, 1.165) is 5.56 Å². The van der Waals surface area contributed by atoms with Crippen LogP contribution in [-0.2, 0) is 10.0 Å². The molecule has 0 aliphatic rings. The van der Waals surface area contributed by atoms with E-state index in [9.17, 15) is 8.42 Å². The van der Waals surface area contributed by atoms with Gasteiger partial charge in [-0.25, -0.2) is 13.1 Å². The van der Waals surface area contributed by atoms with Crippen molar-refractivity contribution in [2.45, 2.75) is 31.7 Å². The van der Waals surface area contributed by atoms with Crippen LogP contribution in [0.3, 0.4) is 0 Å². The number of rotatable bonds is 8. The Hall–Kier alpha value is -2.05. The van der Waals surface area contributed by atoms with Crippen LogP contribution in [0.5, 0.6) is 11.5 Å². The molecule has 0 radical (unpaired) electrons. The fourth-order valence-electron chi connectivity index (χ4n) is 2.31. The Kier molecular flexibility index (Phi) is 6.23. The van der Waals surface area contributed by atoms with Gasteiger partial charge in [-0.15, -0.1) is 0 Å². The fraction of sp³-hybridized carbons (Fsp3) is 0.333. The van der Waals surface area contributed by atoms with Crippen molar-refractivity contribution in [3.8, 4) is 11.5 Å². The van der Waals surface area contributed by atoms with Crippen molar-refractivity contribution in [1.29, 1.82) is 0 Å². The summed E-state index contributed by atoms with van der Waals surface area (Å²) in [7, 11) is -3.67. The molecule has 2 aromatic rings. The van der Waals surface area contributed by atoms with Gasteiger partial charge in [0.15, 0.2) is 11.5 Å². The zero-order chi connectivity index (χ0) is 17.6. The second-order valence-electron chi connectivity index (χ2n) is 5.23. The molecule has 0 spiro atoms. The Morgan fingerprint density at radius 3 is 2.21 bits per heavy atom. The molecule has 2 aromatic carbocycles. The predicted octanol–water partition coefficient (Wildman–Crippen LogP) is 3.52. The largest absolute Gasteiger partial charge is 0.490 e. The average Bonchev–Trinajstić information content (AvgIpc) is 2.57. The molecule has 2 rings (SSSR count). The Morgan fingerprint density at radius 2 is 1.58 bits per heavy atom. The first-order valence-electron chi connectivity index (χ1n) is 7.94. The molecule has 6 heteroatoms. The zero-order valence-corrected chi connectivity index (χ0v) is 15.0. The monoisotopic (exact) mass is 349 g/mol. The van der Waals surface area contributed by atoms with Crippen molar-refractivity contribution in [3.63, 3.8) is 0 Å². The first-order valence-corrected chi connectivity index (χ1v) is 9.43. The molecule has 0 saturated heterocycles. The van der Waals surface area contributed by atoms with E-state index < -0.39 is 10.0 Å². The van der Waals surface area contributed by atoms with Gasteiger partial charge in [-0.1, -0.05) is 30.3 Å². The molecule has 5 nitrogen and oxygen atoms in total. The summed E-state index contributed by atoms with van der Waals surface area (Å²) < 4.78 is 38.9. The molecule has 0 fully saturated rings. The minimum absolute atomic E-state index is 0.150. The van der Waals surface area contributed by atoms with Crippen molar-refractivity contribution in [1.82, 2.24) is 4.72 Å². The average molecular weight is 349 g/mol. The summed E-state index contributed by atoms with van der Waals surface area (Å²) in [5.41, 5.74) is 0.900. The molecule has 0 heterocycles. The highest BCUT2D eigenvalue weighted by molar-refractivity contribution is 7.89. The summed E-state index contributed by atoms with van der Waals surface area (Å²) in [6, 6.07) is 13.7. The number of benzene rings is 2. The van der Waals surface area contributed by atoms with Crippen molar-refractivity contribution >= 4 is 10.0 Å². The molecule has 1 atom stereocenters. The fourth-order valence-corrected chi connectivity index (χ4v) is 3.56. The van der Waals surface area contributed by atoms with Gasteiger partial charge < -0.3 is 9.47 Å². The first kappa shape index (κ1) is 18.3. The van der Waals surface area contributed by atoms with Gasteiger partial charge in [-0.3, -0.25) is 0 Å². The highest BCUT2D eigenvalue weighted by Gasteiger charge is 2.20. The first-order chi connectivity index (χ1) is 11.5. The second-order valence-corrected chi connectivity index (χ2v) is 6.94. The number of sulfonamides is 1. The van der Waals surface area contributed by atoms with E-state index in [2.05, 4.69) is 4.72 Å². The molecule has 130 valence electrons. The van der Waals surface area contributed by atoms with Crippen LogP contribution in [0.25, 0.3) is 0 Å². The molecule has 0 bridgehead atoms. The van der Waals surface area contributed by atoms with E-state index in [0.29, 0.717) is 24.7 Å². The van der Waals surface area contributed by atoms with Crippen LogP contribution in [0.4, 0.5) is 0 Å². The van der Waals surface area contributed by atoms with Crippen LogP contribution < -0.4 is 14.2 Å². The summed E-state index contributed by atoms with van der Waals surface area (Å²) >= 11 is 0. The van der Waals surface area contributed by atoms with E-state index in [1.54, 1.807) is 6.07 Å². The third-order valence-electron chi connectivity index (χ3n) is 3.46. The van der Waals surface area contributed by atoms with Crippen LogP contribution in [0.2, 0.25) is 0 Å². The van der Waals surface area contributed by atoms with Gasteiger partial charge in [0.05, 0.1) is 18.1 Å². The molecule has 24 heavy (non-hydrogen) atoms. The van der Waals surface area contributed by atoms with Crippen molar-refractivity contribution in [3.05, 3.63) is 54.1 Å². The lowest BCUT2D eigenvalue weighted by Crippen LogP contribution is -2.26.